The molecule has 6 heteroatoms. The maximum atomic E-state index is 11.4. The Morgan fingerprint density at radius 1 is 1.19 bits per heavy atom. The summed E-state index contributed by atoms with van der Waals surface area (Å²) in [4.78, 5) is 13.5. The van der Waals surface area contributed by atoms with E-state index in [1.807, 2.05) is 37.3 Å². The predicted octanol–water partition coefficient (Wildman–Crippen LogP) is 4.92. The fourth-order valence-electron chi connectivity index (χ4n) is 2.34. The van der Waals surface area contributed by atoms with E-state index >= 15 is 0 Å². The molecule has 2 aromatic carbocycles. The summed E-state index contributed by atoms with van der Waals surface area (Å²) in [5.41, 5.74) is 3.11. The Morgan fingerprint density at radius 3 is 2.52 bits per heavy atom. The molecule has 0 unspecified atom stereocenters. The monoisotopic (exact) mass is 362 g/mol. The minimum absolute atomic E-state index is 0.298. The largest absolute Gasteiger partial charge is 0.460 e. The molecule has 0 fully saturated rings. The van der Waals surface area contributed by atoms with Crippen molar-refractivity contribution in [2.24, 2.45) is 10.2 Å². The molecule has 0 spiro atoms. The summed E-state index contributed by atoms with van der Waals surface area (Å²) in [6, 6.07) is 16.8. The highest BCUT2D eigenvalue weighted by Crippen LogP contribution is 2.24. The van der Waals surface area contributed by atoms with E-state index in [-0.39, 0.29) is 5.97 Å². The van der Waals surface area contributed by atoms with Gasteiger partial charge < -0.3 is 9.64 Å². The van der Waals surface area contributed by atoms with Gasteiger partial charge >= 0.3 is 5.97 Å². The lowest BCUT2D eigenvalue weighted by atomic mass is 10.2. The van der Waals surface area contributed by atoms with Gasteiger partial charge in [0.2, 0.25) is 0 Å². The topological polar surface area (TPSA) is 78.0 Å². The number of azo groups is 1. The normalized spacial score (nSPS) is 10.4. The third kappa shape index (κ3) is 5.79. The average molecular weight is 362 g/mol. The van der Waals surface area contributed by atoms with Crippen LogP contribution in [-0.2, 0) is 9.53 Å². The van der Waals surface area contributed by atoms with Crippen LogP contribution in [0.2, 0.25) is 0 Å². The lowest BCUT2D eigenvalue weighted by Crippen LogP contribution is -2.28. The van der Waals surface area contributed by atoms with Gasteiger partial charge in [-0.15, -0.1) is 5.11 Å². The number of hydrogen-bond acceptors (Lipinski definition) is 6. The number of nitriles is 1. The molecule has 0 bridgehead atoms. The molecule has 0 saturated heterocycles. The van der Waals surface area contributed by atoms with Crippen molar-refractivity contribution >= 4 is 23.0 Å². The fraction of sp³-hybridized carbons (Fsp3) is 0.238. The third-order valence-electron chi connectivity index (χ3n) is 3.84. The molecule has 0 radical (unpaired) electrons. The van der Waals surface area contributed by atoms with Gasteiger partial charge in [0.1, 0.15) is 18.4 Å². The molecule has 0 saturated carbocycles. The van der Waals surface area contributed by atoms with Crippen LogP contribution in [0.4, 0.5) is 17.1 Å². The van der Waals surface area contributed by atoms with Crippen LogP contribution in [0.5, 0.6) is 0 Å². The maximum absolute atomic E-state index is 11.4. The van der Waals surface area contributed by atoms with Crippen LogP contribution in [0.3, 0.4) is 0 Å². The quantitative estimate of drug-likeness (QED) is 0.379. The summed E-state index contributed by atoms with van der Waals surface area (Å²) in [5, 5.41) is 17.4. The molecule has 0 heterocycles. The number of rotatable bonds is 8. The molecular formula is C21H22N4O2. The molecule has 0 aromatic heterocycles. The third-order valence-corrected chi connectivity index (χ3v) is 3.84. The zero-order chi connectivity index (χ0) is 19.6. The molecule has 2 rings (SSSR count). The van der Waals surface area contributed by atoms with E-state index < -0.39 is 0 Å². The van der Waals surface area contributed by atoms with Crippen molar-refractivity contribution in [3.8, 4) is 6.07 Å². The van der Waals surface area contributed by atoms with E-state index in [4.69, 9.17) is 10.00 Å². The Kier molecular flexibility index (Phi) is 7.26. The first-order valence-electron chi connectivity index (χ1n) is 8.63. The number of carbonyl (C=O) groups is 1. The first-order chi connectivity index (χ1) is 13.0. The number of nitrogens with zero attached hydrogens (tertiary/aromatic N) is 4. The van der Waals surface area contributed by atoms with E-state index in [0.29, 0.717) is 35.7 Å². The van der Waals surface area contributed by atoms with Gasteiger partial charge in [-0.25, -0.2) is 4.79 Å². The van der Waals surface area contributed by atoms with E-state index in [0.717, 1.165) is 12.2 Å². The van der Waals surface area contributed by atoms with Crippen LogP contribution in [0.25, 0.3) is 0 Å². The van der Waals surface area contributed by atoms with E-state index in [1.165, 1.54) is 0 Å². The van der Waals surface area contributed by atoms with Gasteiger partial charge in [0.15, 0.2) is 0 Å². The smallest absolute Gasteiger partial charge is 0.333 e. The van der Waals surface area contributed by atoms with E-state index in [2.05, 4.69) is 27.8 Å². The van der Waals surface area contributed by atoms with Crippen LogP contribution >= 0.6 is 0 Å². The SMILES string of the molecule is C=C(C)C(=O)OCCN(CC)c1ccc(N=Nc2ccccc2C#N)cc1. The lowest BCUT2D eigenvalue weighted by Gasteiger charge is -2.22. The van der Waals surface area contributed by atoms with Crippen molar-refractivity contribution in [1.82, 2.24) is 0 Å². The highest BCUT2D eigenvalue weighted by molar-refractivity contribution is 5.86. The zero-order valence-corrected chi connectivity index (χ0v) is 15.6. The highest BCUT2D eigenvalue weighted by Gasteiger charge is 2.07. The van der Waals surface area contributed by atoms with Gasteiger partial charge in [-0.1, -0.05) is 18.7 Å². The van der Waals surface area contributed by atoms with Crippen LogP contribution in [0, 0.1) is 11.3 Å². The van der Waals surface area contributed by atoms with Crippen molar-refractivity contribution in [2.45, 2.75) is 13.8 Å². The zero-order valence-electron chi connectivity index (χ0n) is 15.6. The van der Waals surface area contributed by atoms with Gasteiger partial charge in [-0.2, -0.15) is 10.4 Å². The number of likely N-dealkylation sites (N-methyl/N-ethyl adjacent to an activating group) is 1. The van der Waals surface area contributed by atoms with E-state index in [9.17, 15) is 4.79 Å². The fourth-order valence-corrected chi connectivity index (χ4v) is 2.34. The second-order valence-electron chi connectivity index (χ2n) is 5.84. The Hall–Kier alpha value is -3.46. The molecule has 0 aliphatic carbocycles. The minimum Gasteiger partial charge on any atom is -0.460 e. The second-order valence-corrected chi connectivity index (χ2v) is 5.84. The summed E-state index contributed by atoms with van der Waals surface area (Å²) in [7, 11) is 0. The summed E-state index contributed by atoms with van der Waals surface area (Å²) >= 11 is 0. The lowest BCUT2D eigenvalue weighted by molar-refractivity contribution is -0.138. The Bertz CT molecular complexity index is 866. The van der Waals surface area contributed by atoms with Crippen molar-refractivity contribution in [3.63, 3.8) is 0 Å². The predicted molar refractivity (Wildman–Crippen MR) is 105 cm³/mol. The van der Waals surface area contributed by atoms with Crippen LogP contribution in [0.15, 0.2) is 70.9 Å². The summed E-state index contributed by atoms with van der Waals surface area (Å²) < 4.78 is 5.15. The minimum atomic E-state index is -0.375. The van der Waals surface area contributed by atoms with Crippen LogP contribution in [0.1, 0.15) is 19.4 Å². The summed E-state index contributed by atoms with van der Waals surface area (Å²) in [6.07, 6.45) is 0. The molecule has 0 N–H and O–H groups in total. The average Bonchev–Trinajstić information content (AvgIpc) is 2.70. The Morgan fingerprint density at radius 2 is 1.89 bits per heavy atom. The number of hydrogen-bond donors (Lipinski definition) is 0. The Balaban J connectivity index is 2.00. The van der Waals surface area contributed by atoms with Gasteiger partial charge in [0.25, 0.3) is 0 Å². The Labute approximate surface area is 159 Å². The van der Waals surface area contributed by atoms with Gasteiger partial charge in [-0.05, 0) is 50.2 Å². The van der Waals surface area contributed by atoms with Gasteiger partial charge in [0, 0.05) is 17.8 Å². The number of anilines is 1. The van der Waals surface area contributed by atoms with Crippen LogP contribution < -0.4 is 4.90 Å². The van der Waals surface area contributed by atoms with Crippen molar-refractivity contribution in [2.75, 3.05) is 24.6 Å². The molecule has 0 atom stereocenters. The van der Waals surface area contributed by atoms with Gasteiger partial charge in [0.05, 0.1) is 17.8 Å². The molecule has 6 nitrogen and oxygen atoms in total. The standard InChI is InChI=1S/C21H22N4O2/c1-4-25(13-14-27-21(26)16(2)3)19-11-9-18(10-12-19)23-24-20-8-6-5-7-17(20)15-22/h5-12H,2,4,13-14H2,1,3H3. The van der Waals surface area contributed by atoms with E-state index in [1.54, 1.807) is 25.1 Å². The number of esters is 1. The number of benzene rings is 2. The second kappa shape index (κ2) is 9.88. The summed E-state index contributed by atoms with van der Waals surface area (Å²) in [5.74, 6) is -0.375. The van der Waals surface area contributed by atoms with Crippen molar-refractivity contribution < 1.29 is 9.53 Å². The number of ether oxygens (including phenoxy) is 1. The van der Waals surface area contributed by atoms with Crippen LogP contribution in [-0.4, -0.2) is 25.7 Å². The molecule has 27 heavy (non-hydrogen) atoms. The van der Waals surface area contributed by atoms with Gasteiger partial charge in [-0.3, -0.25) is 0 Å². The molecule has 0 amide bonds. The first kappa shape index (κ1) is 19.9. The summed E-state index contributed by atoms with van der Waals surface area (Å²) in [6.45, 7) is 8.89. The number of carbonyl (C=O) groups excluding carboxylic acids is 1. The van der Waals surface area contributed by atoms with Crippen molar-refractivity contribution in [3.05, 3.63) is 66.2 Å². The highest BCUT2D eigenvalue weighted by atomic mass is 16.5. The molecule has 2 aromatic rings. The van der Waals surface area contributed by atoms with Crippen molar-refractivity contribution in [1.29, 1.82) is 5.26 Å². The molecule has 0 aliphatic heterocycles. The molecular weight excluding hydrogens is 340 g/mol. The molecule has 138 valence electrons. The maximum Gasteiger partial charge on any atom is 0.333 e. The molecule has 0 aliphatic rings. The first-order valence-corrected chi connectivity index (χ1v) is 8.63.